The molecule has 2 aromatic rings. The highest BCUT2D eigenvalue weighted by Gasteiger charge is 2.36. The number of thioether (sulfide) groups is 1. The Morgan fingerprint density at radius 1 is 1.27 bits per heavy atom. The summed E-state index contributed by atoms with van der Waals surface area (Å²) in [5.74, 6) is -0.886. The van der Waals surface area contributed by atoms with Gasteiger partial charge < -0.3 is 5.32 Å². The highest BCUT2D eigenvalue weighted by atomic mass is 32.2. The van der Waals surface area contributed by atoms with Crippen LogP contribution in [0.5, 0.6) is 0 Å². The van der Waals surface area contributed by atoms with Gasteiger partial charge in [0.1, 0.15) is 6.54 Å². The predicted octanol–water partition coefficient (Wildman–Crippen LogP) is 3.37. The monoisotopic (exact) mass is 367 g/mol. The molecular formula is C19H17N3O3S. The number of imide groups is 1. The zero-order valence-electron chi connectivity index (χ0n) is 14.4. The Bertz CT molecular complexity index is 910. The SMILES string of the molecule is Cc1ccc(C)c(NC(=O)CN2C(=O)S/C(=C/c3cccnc3)C2=O)c1. The zero-order chi connectivity index (χ0) is 18.7. The molecule has 1 N–H and O–H groups in total. The summed E-state index contributed by atoms with van der Waals surface area (Å²) in [6.45, 7) is 3.49. The van der Waals surface area contributed by atoms with Crippen LogP contribution in [0.15, 0.2) is 47.6 Å². The molecule has 132 valence electrons. The van der Waals surface area contributed by atoms with Crippen molar-refractivity contribution in [2.24, 2.45) is 0 Å². The minimum Gasteiger partial charge on any atom is -0.324 e. The molecule has 0 saturated carbocycles. The number of rotatable bonds is 4. The van der Waals surface area contributed by atoms with Crippen LogP contribution in [0.25, 0.3) is 6.08 Å². The molecule has 1 saturated heterocycles. The third-order valence-corrected chi connectivity index (χ3v) is 4.73. The molecule has 1 aromatic heterocycles. The first kappa shape index (κ1) is 17.9. The average molecular weight is 367 g/mol. The first-order valence-corrected chi connectivity index (χ1v) is 8.78. The van der Waals surface area contributed by atoms with Crippen LogP contribution in [0, 0.1) is 13.8 Å². The summed E-state index contributed by atoms with van der Waals surface area (Å²) in [4.78, 5) is 42.1. The number of carbonyl (C=O) groups is 3. The van der Waals surface area contributed by atoms with Gasteiger partial charge in [-0.05, 0) is 60.5 Å². The summed E-state index contributed by atoms with van der Waals surface area (Å²) in [5.41, 5.74) is 3.32. The van der Waals surface area contributed by atoms with Crippen LogP contribution in [-0.4, -0.2) is 33.5 Å². The number of amides is 3. The Morgan fingerprint density at radius 3 is 2.81 bits per heavy atom. The van der Waals surface area contributed by atoms with Crippen molar-refractivity contribution in [3.05, 3.63) is 64.3 Å². The summed E-state index contributed by atoms with van der Waals surface area (Å²) in [7, 11) is 0. The molecular weight excluding hydrogens is 350 g/mol. The number of nitrogens with zero attached hydrogens (tertiary/aromatic N) is 2. The van der Waals surface area contributed by atoms with Gasteiger partial charge in [-0.1, -0.05) is 18.2 Å². The second-order valence-corrected chi connectivity index (χ2v) is 6.91. The average Bonchev–Trinajstić information content (AvgIpc) is 2.86. The molecule has 26 heavy (non-hydrogen) atoms. The lowest BCUT2D eigenvalue weighted by Crippen LogP contribution is -2.36. The lowest BCUT2D eigenvalue weighted by Gasteiger charge is -2.14. The van der Waals surface area contributed by atoms with Crippen molar-refractivity contribution >= 4 is 40.6 Å². The molecule has 3 rings (SSSR count). The van der Waals surface area contributed by atoms with Gasteiger partial charge in [-0.25, -0.2) is 0 Å². The molecule has 0 bridgehead atoms. The van der Waals surface area contributed by atoms with Gasteiger partial charge in [0.2, 0.25) is 5.91 Å². The van der Waals surface area contributed by atoms with E-state index in [9.17, 15) is 14.4 Å². The van der Waals surface area contributed by atoms with Gasteiger partial charge >= 0.3 is 0 Å². The minimum absolute atomic E-state index is 0.280. The summed E-state index contributed by atoms with van der Waals surface area (Å²) in [6, 6.07) is 9.23. The van der Waals surface area contributed by atoms with E-state index in [4.69, 9.17) is 0 Å². The van der Waals surface area contributed by atoms with Gasteiger partial charge in [-0.15, -0.1) is 0 Å². The summed E-state index contributed by atoms with van der Waals surface area (Å²) in [5, 5.41) is 2.30. The Hall–Kier alpha value is -2.93. The molecule has 1 aromatic carbocycles. The highest BCUT2D eigenvalue weighted by molar-refractivity contribution is 8.18. The maximum absolute atomic E-state index is 12.4. The van der Waals surface area contributed by atoms with E-state index in [0.717, 1.165) is 33.4 Å². The smallest absolute Gasteiger partial charge is 0.294 e. The van der Waals surface area contributed by atoms with E-state index in [-0.39, 0.29) is 11.4 Å². The quantitative estimate of drug-likeness (QED) is 0.838. The van der Waals surface area contributed by atoms with E-state index in [2.05, 4.69) is 10.3 Å². The van der Waals surface area contributed by atoms with Crippen molar-refractivity contribution in [1.82, 2.24) is 9.88 Å². The van der Waals surface area contributed by atoms with E-state index in [1.165, 1.54) is 0 Å². The van der Waals surface area contributed by atoms with Crippen LogP contribution in [-0.2, 0) is 9.59 Å². The van der Waals surface area contributed by atoms with E-state index in [1.54, 1.807) is 30.6 Å². The third-order valence-electron chi connectivity index (χ3n) is 3.82. The van der Waals surface area contributed by atoms with Gasteiger partial charge in [-0.2, -0.15) is 0 Å². The summed E-state index contributed by atoms with van der Waals surface area (Å²) < 4.78 is 0. The van der Waals surface area contributed by atoms with Crippen molar-refractivity contribution in [3.63, 3.8) is 0 Å². The Morgan fingerprint density at radius 2 is 2.08 bits per heavy atom. The normalized spacial score (nSPS) is 15.6. The van der Waals surface area contributed by atoms with Gasteiger partial charge in [0.15, 0.2) is 0 Å². The zero-order valence-corrected chi connectivity index (χ0v) is 15.2. The van der Waals surface area contributed by atoms with E-state index < -0.39 is 17.1 Å². The van der Waals surface area contributed by atoms with Crippen LogP contribution in [0.2, 0.25) is 0 Å². The molecule has 0 unspecified atom stereocenters. The van der Waals surface area contributed by atoms with Crippen molar-refractivity contribution < 1.29 is 14.4 Å². The number of hydrogen-bond acceptors (Lipinski definition) is 5. The molecule has 1 aliphatic rings. The Labute approximate surface area is 155 Å². The van der Waals surface area contributed by atoms with Crippen LogP contribution in [0.1, 0.15) is 16.7 Å². The topological polar surface area (TPSA) is 79.4 Å². The van der Waals surface area contributed by atoms with Crippen molar-refractivity contribution in [2.75, 3.05) is 11.9 Å². The number of carbonyl (C=O) groups excluding carboxylic acids is 3. The summed E-state index contributed by atoms with van der Waals surface area (Å²) >= 11 is 0.821. The van der Waals surface area contributed by atoms with Gasteiger partial charge in [0, 0.05) is 18.1 Å². The molecule has 7 heteroatoms. The lowest BCUT2D eigenvalue weighted by atomic mass is 10.1. The molecule has 0 atom stereocenters. The van der Waals surface area contributed by atoms with Crippen LogP contribution >= 0.6 is 11.8 Å². The number of pyridine rings is 1. The molecule has 1 aliphatic heterocycles. The first-order valence-electron chi connectivity index (χ1n) is 7.96. The van der Waals surface area contributed by atoms with Gasteiger partial charge in [0.25, 0.3) is 11.1 Å². The maximum atomic E-state index is 12.4. The molecule has 0 radical (unpaired) electrons. The van der Waals surface area contributed by atoms with Crippen molar-refractivity contribution in [1.29, 1.82) is 0 Å². The lowest BCUT2D eigenvalue weighted by molar-refractivity contribution is -0.127. The second-order valence-electron chi connectivity index (χ2n) is 5.92. The standard InChI is InChI=1S/C19H17N3O3S/c1-12-5-6-13(2)15(8-12)21-17(23)11-22-18(24)16(26-19(22)25)9-14-4-3-7-20-10-14/h3-10H,11H2,1-2H3,(H,21,23)/b16-9+. The highest BCUT2D eigenvalue weighted by Crippen LogP contribution is 2.32. The Balaban J connectivity index is 1.70. The predicted molar refractivity (Wildman–Crippen MR) is 101 cm³/mol. The molecule has 6 nitrogen and oxygen atoms in total. The van der Waals surface area contributed by atoms with E-state index in [1.807, 2.05) is 32.0 Å². The Kier molecular flexibility index (Phi) is 5.18. The van der Waals surface area contributed by atoms with E-state index in [0.29, 0.717) is 5.69 Å². The number of nitrogens with one attached hydrogen (secondary N) is 1. The number of anilines is 1. The number of aromatic nitrogens is 1. The number of aryl methyl sites for hydroxylation is 2. The maximum Gasteiger partial charge on any atom is 0.294 e. The first-order chi connectivity index (χ1) is 12.4. The van der Waals surface area contributed by atoms with Crippen LogP contribution in [0.3, 0.4) is 0 Å². The molecule has 3 amide bonds. The fourth-order valence-corrected chi connectivity index (χ4v) is 3.29. The van der Waals surface area contributed by atoms with Gasteiger partial charge in [0.05, 0.1) is 4.91 Å². The third kappa shape index (κ3) is 4.00. The minimum atomic E-state index is -0.472. The fraction of sp³-hybridized carbons (Fsp3) is 0.158. The van der Waals surface area contributed by atoms with Crippen molar-refractivity contribution in [2.45, 2.75) is 13.8 Å². The van der Waals surface area contributed by atoms with Gasteiger partial charge in [-0.3, -0.25) is 24.3 Å². The fourth-order valence-electron chi connectivity index (χ4n) is 2.45. The molecule has 2 heterocycles. The summed E-state index contributed by atoms with van der Waals surface area (Å²) in [6.07, 6.45) is 4.82. The second kappa shape index (κ2) is 7.53. The largest absolute Gasteiger partial charge is 0.324 e. The van der Waals surface area contributed by atoms with Crippen LogP contribution < -0.4 is 5.32 Å². The molecule has 0 spiro atoms. The number of benzene rings is 1. The van der Waals surface area contributed by atoms with Crippen molar-refractivity contribution in [3.8, 4) is 0 Å². The number of hydrogen-bond donors (Lipinski definition) is 1. The molecule has 0 aliphatic carbocycles. The molecule has 1 fully saturated rings. The van der Waals surface area contributed by atoms with Crippen LogP contribution in [0.4, 0.5) is 10.5 Å². The van der Waals surface area contributed by atoms with E-state index >= 15 is 0 Å².